The van der Waals surface area contributed by atoms with E-state index in [2.05, 4.69) is 13.0 Å². The van der Waals surface area contributed by atoms with Gasteiger partial charge in [0.15, 0.2) is 0 Å². The Labute approximate surface area is 154 Å². The second-order valence-electron chi connectivity index (χ2n) is 7.49. The van der Waals surface area contributed by atoms with E-state index in [4.69, 9.17) is 0 Å². The molecular formula is C21H35NO2S. The fourth-order valence-electron chi connectivity index (χ4n) is 3.42. The fraction of sp³-hybridized carbons (Fsp3) is 0.714. The molecule has 1 aliphatic carbocycles. The first-order valence-electron chi connectivity index (χ1n) is 10.1. The van der Waals surface area contributed by atoms with Gasteiger partial charge in [-0.1, -0.05) is 58.1 Å². The zero-order chi connectivity index (χ0) is 18.3. The zero-order valence-electron chi connectivity index (χ0n) is 16.3. The van der Waals surface area contributed by atoms with Crippen molar-refractivity contribution in [1.82, 2.24) is 4.31 Å². The summed E-state index contributed by atoms with van der Waals surface area (Å²) < 4.78 is 27.4. The molecule has 1 fully saturated rings. The lowest BCUT2D eigenvalue weighted by molar-refractivity contribution is 0.467. The monoisotopic (exact) mass is 365 g/mol. The van der Waals surface area contributed by atoms with Crippen LogP contribution in [-0.4, -0.2) is 26.3 Å². The van der Waals surface area contributed by atoms with Crippen LogP contribution in [0.4, 0.5) is 0 Å². The Morgan fingerprint density at radius 3 is 2.32 bits per heavy atom. The molecular weight excluding hydrogens is 330 g/mol. The molecule has 0 saturated heterocycles. The zero-order valence-corrected chi connectivity index (χ0v) is 17.1. The summed E-state index contributed by atoms with van der Waals surface area (Å²) >= 11 is 0. The van der Waals surface area contributed by atoms with Crippen LogP contribution in [0.3, 0.4) is 0 Å². The molecule has 0 heterocycles. The predicted octanol–water partition coefficient (Wildman–Crippen LogP) is 5.50. The Morgan fingerprint density at radius 2 is 1.68 bits per heavy atom. The van der Waals surface area contributed by atoms with Gasteiger partial charge in [0.1, 0.15) is 0 Å². The molecule has 1 aliphatic rings. The van der Waals surface area contributed by atoms with Crippen LogP contribution in [0.25, 0.3) is 0 Å². The lowest BCUT2D eigenvalue weighted by atomic mass is 10.0. The average Bonchev–Trinajstić information content (AvgIpc) is 3.43. The van der Waals surface area contributed by atoms with Crippen molar-refractivity contribution >= 4 is 10.0 Å². The molecule has 0 atom stereocenters. The Balaban J connectivity index is 2.12. The highest BCUT2D eigenvalue weighted by atomic mass is 32.2. The number of hydrogen-bond acceptors (Lipinski definition) is 2. The van der Waals surface area contributed by atoms with Crippen molar-refractivity contribution in [1.29, 1.82) is 0 Å². The molecule has 2 rings (SSSR count). The number of unbranched alkanes of at least 4 members (excludes halogenated alkanes) is 5. The lowest BCUT2D eigenvalue weighted by Crippen LogP contribution is -2.28. The Hall–Kier alpha value is -0.870. The van der Waals surface area contributed by atoms with Crippen LogP contribution in [0.2, 0.25) is 0 Å². The van der Waals surface area contributed by atoms with Gasteiger partial charge in [-0.3, -0.25) is 0 Å². The largest absolute Gasteiger partial charge is 0.243 e. The molecule has 0 N–H and O–H groups in total. The molecule has 0 spiro atoms. The SMILES string of the molecule is CCCCCCCCc1cc(C2CC2)ccc1S(=O)(=O)N(C)CCC. The molecule has 25 heavy (non-hydrogen) atoms. The van der Waals surface area contributed by atoms with Crippen molar-refractivity contribution in [2.75, 3.05) is 13.6 Å². The molecule has 0 radical (unpaired) electrons. The van der Waals surface area contributed by atoms with Gasteiger partial charge < -0.3 is 0 Å². The number of hydrogen-bond donors (Lipinski definition) is 0. The van der Waals surface area contributed by atoms with E-state index in [-0.39, 0.29) is 0 Å². The van der Waals surface area contributed by atoms with Gasteiger partial charge in [0.25, 0.3) is 0 Å². The van der Waals surface area contributed by atoms with E-state index in [1.165, 1.54) is 54.8 Å². The number of benzene rings is 1. The molecule has 4 heteroatoms. The van der Waals surface area contributed by atoms with E-state index in [1.54, 1.807) is 7.05 Å². The number of aryl methyl sites for hydroxylation is 1. The highest BCUT2D eigenvalue weighted by molar-refractivity contribution is 7.89. The van der Waals surface area contributed by atoms with Crippen LogP contribution in [0.15, 0.2) is 23.1 Å². The predicted molar refractivity (Wildman–Crippen MR) is 106 cm³/mol. The summed E-state index contributed by atoms with van der Waals surface area (Å²) in [4.78, 5) is 0.529. The molecule has 1 aromatic rings. The van der Waals surface area contributed by atoms with E-state index < -0.39 is 10.0 Å². The van der Waals surface area contributed by atoms with E-state index in [1.807, 2.05) is 19.1 Å². The molecule has 1 aromatic carbocycles. The maximum absolute atomic E-state index is 12.9. The summed E-state index contributed by atoms with van der Waals surface area (Å²) in [6.07, 6.45) is 11.6. The summed E-state index contributed by atoms with van der Waals surface area (Å²) in [5, 5.41) is 0. The van der Waals surface area contributed by atoms with Crippen molar-refractivity contribution < 1.29 is 8.42 Å². The molecule has 0 unspecified atom stereocenters. The lowest BCUT2D eigenvalue weighted by Gasteiger charge is -2.19. The maximum Gasteiger partial charge on any atom is 0.243 e. The summed E-state index contributed by atoms with van der Waals surface area (Å²) in [6.45, 7) is 4.82. The minimum Gasteiger partial charge on any atom is -0.207 e. The normalized spacial score (nSPS) is 15.0. The summed E-state index contributed by atoms with van der Waals surface area (Å²) in [7, 11) is -1.68. The Bertz CT molecular complexity index is 635. The molecule has 0 aliphatic heterocycles. The van der Waals surface area contributed by atoms with E-state index in [9.17, 15) is 8.42 Å². The number of sulfonamides is 1. The molecule has 0 amide bonds. The van der Waals surface area contributed by atoms with Gasteiger partial charge in [0.2, 0.25) is 10.0 Å². The van der Waals surface area contributed by atoms with Crippen molar-refractivity contribution in [3.05, 3.63) is 29.3 Å². The Kier molecular flexibility index (Phi) is 7.95. The quantitative estimate of drug-likeness (QED) is 0.459. The fourth-order valence-corrected chi connectivity index (χ4v) is 4.91. The van der Waals surface area contributed by atoms with Crippen molar-refractivity contribution in [3.63, 3.8) is 0 Å². The minimum atomic E-state index is -3.37. The average molecular weight is 366 g/mol. The van der Waals surface area contributed by atoms with Crippen LogP contribution in [-0.2, 0) is 16.4 Å². The topological polar surface area (TPSA) is 37.4 Å². The van der Waals surface area contributed by atoms with E-state index in [0.717, 1.165) is 24.8 Å². The van der Waals surface area contributed by atoms with E-state index in [0.29, 0.717) is 17.4 Å². The van der Waals surface area contributed by atoms with E-state index >= 15 is 0 Å². The van der Waals surface area contributed by atoms with Gasteiger partial charge in [-0.15, -0.1) is 0 Å². The van der Waals surface area contributed by atoms with Crippen LogP contribution in [0, 0.1) is 0 Å². The van der Waals surface area contributed by atoms with Gasteiger partial charge in [-0.05, 0) is 55.2 Å². The first-order chi connectivity index (χ1) is 12.0. The Morgan fingerprint density at radius 1 is 1.00 bits per heavy atom. The van der Waals surface area contributed by atoms with Crippen molar-refractivity contribution in [3.8, 4) is 0 Å². The molecule has 3 nitrogen and oxygen atoms in total. The standard InChI is InChI=1S/C21H35NO2S/c1-4-6-7-8-9-10-11-20-17-19(18-12-13-18)14-15-21(20)25(23,24)22(3)16-5-2/h14-15,17-18H,4-13,16H2,1-3H3. The highest BCUT2D eigenvalue weighted by Crippen LogP contribution is 2.41. The number of nitrogens with zero attached hydrogens (tertiary/aromatic N) is 1. The van der Waals surface area contributed by atoms with Crippen LogP contribution in [0.5, 0.6) is 0 Å². The number of rotatable bonds is 12. The molecule has 0 bridgehead atoms. The summed E-state index contributed by atoms with van der Waals surface area (Å²) in [6, 6.07) is 6.08. The van der Waals surface area contributed by atoms with Crippen LogP contribution >= 0.6 is 0 Å². The van der Waals surface area contributed by atoms with Crippen LogP contribution < -0.4 is 0 Å². The van der Waals surface area contributed by atoms with Gasteiger partial charge in [-0.2, -0.15) is 0 Å². The van der Waals surface area contributed by atoms with Crippen molar-refractivity contribution in [2.45, 2.75) is 88.9 Å². The molecule has 0 aromatic heterocycles. The second kappa shape index (κ2) is 9.72. The van der Waals surface area contributed by atoms with Crippen LogP contribution in [0.1, 0.15) is 88.7 Å². The summed E-state index contributed by atoms with van der Waals surface area (Å²) in [5.41, 5.74) is 2.36. The molecule has 142 valence electrons. The second-order valence-corrected chi connectivity index (χ2v) is 9.50. The van der Waals surface area contributed by atoms with Gasteiger partial charge in [0, 0.05) is 13.6 Å². The first kappa shape index (κ1) is 20.4. The third-order valence-electron chi connectivity index (χ3n) is 5.16. The van der Waals surface area contributed by atoms with Gasteiger partial charge >= 0.3 is 0 Å². The smallest absolute Gasteiger partial charge is 0.207 e. The maximum atomic E-state index is 12.9. The summed E-state index contributed by atoms with van der Waals surface area (Å²) in [5.74, 6) is 0.661. The van der Waals surface area contributed by atoms with Gasteiger partial charge in [-0.25, -0.2) is 12.7 Å². The minimum absolute atomic E-state index is 0.529. The third kappa shape index (κ3) is 5.82. The van der Waals surface area contributed by atoms with Gasteiger partial charge in [0.05, 0.1) is 4.90 Å². The van der Waals surface area contributed by atoms with Crippen molar-refractivity contribution in [2.24, 2.45) is 0 Å². The third-order valence-corrected chi connectivity index (χ3v) is 7.12. The first-order valence-corrected chi connectivity index (χ1v) is 11.5. The molecule has 1 saturated carbocycles. The highest BCUT2D eigenvalue weighted by Gasteiger charge is 2.27.